The number of fused-ring (bicyclic) bond motifs is 1. The summed E-state index contributed by atoms with van der Waals surface area (Å²) in [6.45, 7) is 0.245. The molecule has 3 N–H and O–H groups in total. The third kappa shape index (κ3) is 3.77. The second-order valence-corrected chi connectivity index (χ2v) is 7.18. The van der Waals surface area contributed by atoms with Gasteiger partial charge in [0, 0.05) is 36.1 Å². The van der Waals surface area contributed by atoms with Gasteiger partial charge in [-0.05, 0) is 29.8 Å². The number of amides is 1. The maximum atomic E-state index is 13.7. The lowest BCUT2D eigenvalue weighted by molar-refractivity contribution is 0.0955. The molecule has 4 heterocycles. The van der Waals surface area contributed by atoms with Crippen molar-refractivity contribution in [3.8, 4) is 11.4 Å². The monoisotopic (exact) mass is 411 g/mol. The van der Waals surface area contributed by atoms with Gasteiger partial charge in [-0.2, -0.15) is 0 Å². The molecular formula is C20H15F2N5OS. The Morgan fingerprint density at radius 2 is 2.03 bits per heavy atom. The fraction of sp³-hybridized carbons (Fsp3) is 0.100. The quantitative estimate of drug-likeness (QED) is 0.513. The van der Waals surface area contributed by atoms with Crippen LogP contribution in [0.3, 0.4) is 0 Å². The van der Waals surface area contributed by atoms with Crippen LogP contribution >= 0.6 is 11.3 Å². The van der Waals surface area contributed by atoms with Gasteiger partial charge in [0.05, 0.1) is 17.1 Å². The summed E-state index contributed by atoms with van der Waals surface area (Å²) in [7, 11) is 0. The summed E-state index contributed by atoms with van der Waals surface area (Å²) in [5.41, 5.74) is 7.40. The van der Waals surface area contributed by atoms with E-state index in [2.05, 4.69) is 20.3 Å². The number of alkyl halides is 2. The van der Waals surface area contributed by atoms with E-state index in [4.69, 9.17) is 5.73 Å². The molecule has 146 valence electrons. The number of hydrogen-bond acceptors (Lipinski definition) is 6. The van der Waals surface area contributed by atoms with Gasteiger partial charge in [0.15, 0.2) is 0 Å². The molecule has 6 nitrogen and oxygen atoms in total. The van der Waals surface area contributed by atoms with Gasteiger partial charge in [0.25, 0.3) is 12.3 Å². The summed E-state index contributed by atoms with van der Waals surface area (Å²) in [6, 6.07) is 10.0. The van der Waals surface area contributed by atoms with Crippen LogP contribution in [0.4, 0.5) is 14.5 Å². The van der Waals surface area contributed by atoms with Crippen molar-refractivity contribution in [1.29, 1.82) is 0 Å². The molecular weight excluding hydrogens is 396 g/mol. The zero-order valence-corrected chi connectivity index (χ0v) is 15.8. The van der Waals surface area contributed by atoms with Crippen molar-refractivity contribution in [3.63, 3.8) is 0 Å². The van der Waals surface area contributed by atoms with Gasteiger partial charge in [-0.1, -0.05) is 12.1 Å². The van der Waals surface area contributed by atoms with E-state index in [0.29, 0.717) is 11.4 Å². The van der Waals surface area contributed by atoms with Crippen LogP contribution in [0.5, 0.6) is 0 Å². The molecule has 29 heavy (non-hydrogen) atoms. The number of nitrogens with two attached hydrogens (primary N) is 1. The minimum atomic E-state index is -2.77. The molecule has 0 bridgehead atoms. The molecule has 4 rings (SSSR count). The van der Waals surface area contributed by atoms with Crippen molar-refractivity contribution in [2.24, 2.45) is 0 Å². The lowest BCUT2D eigenvalue weighted by atomic mass is 10.1. The van der Waals surface area contributed by atoms with Crippen LogP contribution in [0.25, 0.3) is 21.6 Å². The number of hydrogen-bond donors (Lipinski definition) is 2. The Morgan fingerprint density at radius 1 is 1.17 bits per heavy atom. The fourth-order valence-electron chi connectivity index (χ4n) is 2.90. The Hall–Kier alpha value is -3.46. The number of rotatable bonds is 5. The van der Waals surface area contributed by atoms with Gasteiger partial charge in [0.1, 0.15) is 9.71 Å². The van der Waals surface area contributed by atoms with E-state index in [1.54, 1.807) is 42.9 Å². The molecule has 0 aromatic carbocycles. The number of pyridine rings is 3. The summed E-state index contributed by atoms with van der Waals surface area (Å²) in [6.07, 6.45) is 2.05. The van der Waals surface area contributed by atoms with E-state index in [-0.39, 0.29) is 32.9 Å². The summed E-state index contributed by atoms with van der Waals surface area (Å²) in [5.74, 6) is -0.450. The lowest BCUT2D eigenvalue weighted by Gasteiger charge is -2.07. The van der Waals surface area contributed by atoms with E-state index < -0.39 is 12.3 Å². The first kappa shape index (κ1) is 18.9. The van der Waals surface area contributed by atoms with E-state index in [1.807, 2.05) is 6.07 Å². The Bertz CT molecular complexity index is 1170. The molecule has 0 saturated carbocycles. The zero-order chi connectivity index (χ0) is 20.4. The van der Waals surface area contributed by atoms with Crippen molar-refractivity contribution in [2.45, 2.75) is 13.0 Å². The Labute approximate surface area is 168 Å². The number of nitrogens with one attached hydrogen (secondary N) is 1. The van der Waals surface area contributed by atoms with Crippen molar-refractivity contribution >= 4 is 33.1 Å². The third-order valence-electron chi connectivity index (χ3n) is 4.27. The molecule has 0 fully saturated rings. The molecule has 0 saturated heterocycles. The highest BCUT2D eigenvalue weighted by atomic mass is 32.1. The number of halogens is 2. The van der Waals surface area contributed by atoms with Gasteiger partial charge in [-0.3, -0.25) is 14.8 Å². The van der Waals surface area contributed by atoms with Gasteiger partial charge in [-0.15, -0.1) is 11.3 Å². The number of nitrogens with zero attached hydrogens (tertiary/aromatic N) is 3. The Balaban J connectivity index is 1.73. The largest absolute Gasteiger partial charge is 0.397 e. The van der Waals surface area contributed by atoms with Gasteiger partial charge in [0.2, 0.25) is 0 Å². The van der Waals surface area contributed by atoms with Crippen LogP contribution in [0, 0.1) is 0 Å². The van der Waals surface area contributed by atoms with Gasteiger partial charge in [-0.25, -0.2) is 13.8 Å². The van der Waals surface area contributed by atoms with Crippen LogP contribution < -0.4 is 11.1 Å². The topological polar surface area (TPSA) is 93.8 Å². The summed E-state index contributed by atoms with van der Waals surface area (Å²) >= 11 is 0.983. The number of carbonyl (C=O) groups excluding carboxylic acids is 1. The van der Waals surface area contributed by atoms with Crippen LogP contribution in [-0.4, -0.2) is 20.9 Å². The van der Waals surface area contributed by atoms with Crippen LogP contribution in [0.2, 0.25) is 0 Å². The van der Waals surface area contributed by atoms with Crippen molar-refractivity contribution in [1.82, 2.24) is 20.3 Å². The number of carbonyl (C=O) groups is 1. The normalized spacial score (nSPS) is 11.1. The average molecular weight is 411 g/mol. The number of anilines is 1. The van der Waals surface area contributed by atoms with Gasteiger partial charge >= 0.3 is 0 Å². The first-order valence-electron chi connectivity index (χ1n) is 8.64. The molecule has 1 amide bonds. The Kier molecular flexibility index (Phi) is 5.13. The second-order valence-electron chi connectivity index (χ2n) is 6.18. The predicted molar refractivity (Wildman–Crippen MR) is 108 cm³/mol. The number of nitrogen functional groups attached to an aromatic ring is 1. The highest BCUT2D eigenvalue weighted by molar-refractivity contribution is 7.21. The lowest BCUT2D eigenvalue weighted by Crippen LogP contribution is -2.22. The van der Waals surface area contributed by atoms with E-state index in [9.17, 15) is 13.6 Å². The van der Waals surface area contributed by atoms with Gasteiger partial charge < -0.3 is 11.1 Å². The van der Waals surface area contributed by atoms with Crippen molar-refractivity contribution < 1.29 is 13.6 Å². The van der Waals surface area contributed by atoms with Crippen LogP contribution in [0.15, 0.2) is 55.0 Å². The summed E-state index contributed by atoms with van der Waals surface area (Å²) in [5, 5.41) is 2.84. The van der Waals surface area contributed by atoms with Crippen molar-refractivity contribution in [2.75, 3.05) is 5.73 Å². The first-order chi connectivity index (χ1) is 14.0. The van der Waals surface area contributed by atoms with Crippen LogP contribution in [-0.2, 0) is 6.54 Å². The maximum Gasteiger partial charge on any atom is 0.264 e. The summed E-state index contributed by atoms with van der Waals surface area (Å²) < 4.78 is 27.5. The first-order valence-corrected chi connectivity index (χ1v) is 9.46. The molecule has 0 aliphatic carbocycles. The SMILES string of the molecule is Nc1c(C(=O)NCc2cccnc2)sc2nc(-c3ccccn3)cc(C(F)F)c12. The molecule has 4 aromatic heterocycles. The minimum Gasteiger partial charge on any atom is -0.397 e. The maximum absolute atomic E-state index is 13.7. The number of thiophene rings is 1. The third-order valence-corrected chi connectivity index (χ3v) is 5.37. The smallest absolute Gasteiger partial charge is 0.264 e. The molecule has 0 atom stereocenters. The molecule has 0 aliphatic rings. The molecule has 0 unspecified atom stereocenters. The number of aromatic nitrogens is 3. The highest BCUT2D eigenvalue weighted by Gasteiger charge is 2.24. The molecule has 9 heteroatoms. The predicted octanol–water partition coefficient (Wildman–Crippen LogP) is 4.20. The standard InChI is InChI=1S/C20H15F2N5OS/c21-18(22)12-8-14(13-5-1-2-7-25-13)27-20-15(12)16(23)17(29-20)19(28)26-10-11-4-3-6-24-9-11/h1-9,18H,10,23H2,(H,26,28). The second kappa shape index (κ2) is 7.88. The van der Waals surface area contributed by atoms with Crippen LogP contribution in [0.1, 0.15) is 27.2 Å². The fourth-order valence-corrected chi connectivity index (χ4v) is 3.95. The molecule has 0 radical (unpaired) electrons. The minimum absolute atomic E-state index is 0.00376. The molecule has 4 aromatic rings. The highest BCUT2D eigenvalue weighted by Crippen LogP contribution is 2.40. The van der Waals surface area contributed by atoms with E-state index in [1.165, 1.54) is 6.07 Å². The zero-order valence-electron chi connectivity index (χ0n) is 15.0. The average Bonchev–Trinajstić information content (AvgIpc) is 3.09. The van der Waals surface area contributed by atoms with Crippen molar-refractivity contribution in [3.05, 3.63) is 71.0 Å². The molecule has 0 aliphatic heterocycles. The summed E-state index contributed by atoms with van der Waals surface area (Å²) in [4.78, 5) is 25.6. The van der Waals surface area contributed by atoms with E-state index in [0.717, 1.165) is 16.9 Å². The Morgan fingerprint density at radius 3 is 2.72 bits per heavy atom. The molecule has 0 spiro atoms. The van der Waals surface area contributed by atoms with E-state index >= 15 is 0 Å².